The summed E-state index contributed by atoms with van der Waals surface area (Å²) in [4.78, 5) is 57.6. The number of aliphatic hydroxyl groups excluding tert-OH is 1. The maximum absolute atomic E-state index is 12.0. The molecule has 1 aromatic rings. The number of furan rings is 1. The van der Waals surface area contributed by atoms with Gasteiger partial charge in [-0.15, -0.1) is 0 Å². The molecule has 2 aliphatic rings. The van der Waals surface area contributed by atoms with E-state index in [1.54, 1.807) is 0 Å². The minimum atomic E-state index is -1.58. The fourth-order valence-corrected chi connectivity index (χ4v) is 4.08. The second-order valence-electron chi connectivity index (χ2n) is 8.88. The average molecular weight is 583 g/mol. The molecule has 3 rings (SSSR count). The second-order valence-corrected chi connectivity index (χ2v) is 8.88. The summed E-state index contributed by atoms with van der Waals surface area (Å²) in [6, 6.07) is 2.50. The average Bonchev–Trinajstić information content (AvgIpc) is 3.35. The number of hydrogen-bond donors (Lipinski definition) is 1. The van der Waals surface area contributed by atoms with Crippen molar-refractivity contribution in [1.29, 1.82) is 0 Å². The SMILES string of the molecule is CC(=O)OC[C@H]1O[C@@H](O[C@@H]2[C@H](/C=C/c3ccc([N+](=O)[O-])o3)OC=C[C@@H]2O)[C@H](OC(C)=O)[C@@H](OC(C)=O)[C@@H]1OC(C)=O. The summed E-state index contributed by atoms with van der Waals surface area (Å²) in [7, 11) is 0. The minimum Gasteiger partial charge on any atom is -0.491 e. The van der Waals surface area contributed by atoms with Gasteiger partial charge in [-0.1, -0.05) is 0 Å². The molecule has 0 saturated carbocycles. The first-order valence-electron chi connectivity index (χ1n) is 12.2. The number of esters is 4. The van der Waals surface area contributed by atoms with E-state index in [0.717, 1.165) is 33.8 Å². The molecular weight excluding hydrogens is 554 g/mol. The molecule has 224 valence electrons. The molecule has 0 bridgehead atoms. The number of carbonyl (C=O) groups is 4. The summed E-state index contributed by atoms with van der Waals surface area (Å²) < 4.78 is 43.7. The molecule has 2 aliphatic heterocycles. The van der Waals surface area contributed by atoms with Gasteiger partial charge in [0.15, 0.2) is 24.6 Å². The van der Waals surface area contributed by atoms with Gasteiger partial charge in [-0.25, -0.2) is 0 Å². The maximum Gasteiger partial charge on any atom is 0.433 e. The topological polar surface area (TPSA) is 209 Å². The standard InChI is InChI=1S/C25H29NO15/c1-12(27)35-11-19-22(36-13(2)28)23(37-14(3)29)24(38-15(4)30)25(40-19)41-21-17(31)9-10-34-18(21)7-5-16-6-8-20(39-16)26(32)33/h5-10,17-19,21-25,31H,11H2,1-4H3/b7-5+/t17-,18-,19+,21-,22+,23-,24+,25-/m0/s1. The Kier molecular flexibility index (Phi) is 10.6. The predicted octanol–water partition coefficient (Wildman–Crippen LogP) is 0.943. The summed E-state index contributed by atoms with van der Waals surface area (Å²) in [5.74, 6) is -3.53. The predicted molar refractivity (Wildman–Crippen MR) is 131 cm³/mol. The molecule has 0 amide bonds. The van der Waals surface area contributed by atoms with Gasteiger partial charge >= 0.3 is 29.8 Å². The van der Waals surface area contributed by atoms with Crippen LogP contribution < -0.4 is 0 Å². The fraction of sp³-hybridized carbons (Fsp3) is 0.520. The molecule has 0 aliphatic carbocycles. The largest absolute Gasteiger partial charge is 0.491 e. The zero-order valence-electron chi connectivity index (χ0n) is 22.4. The van der Waals surface area contributed by atoms with E-state index >= 15 is 0 Å². The van der Waals surface area contributed by atoms with Crippen LogP contribution in [-0.2, 0) is 52.3 Å². The second kappa shape index (κ2) is 13.9. The van der Waals surface area contributed by atoms with Gasteiger partial charge in [-0.05, 0) is 24.3 Å². The zero-order chi connectivity index (χ0) is 30.3. The van der Waals surface area contributed by atoms with E-state index in [1.807, 2.05) is 0 Å². The molecule has 16 nitrogen and oxygen atoms in total. The van der Waals surface area contributed by atoms with Gasteiger partial charge in [0, 0.05) is 27.7 Å². The quantitative estimate of drug-likeness (QED) is 0.176. The van der Waals surface area contributed by atoms with Crippen LogP contribution in [0.15, 0.2) is 35.0 Å². The Morgan fingerprint density at radius 3 is 2.17 bits per heavy atom. The molecule has 1 N–H and O–H groups in total. The maximum atomic E-state index is 12.0. The van der Waals surface area contributed by atoms with E-state index in [0.29, 0.717) is 0 Å². The molecule has 0 unspecified atom stereocenters. The van der Waals surface area contributed by atoms with Crippen molar-refractivity contribution in [1.82, 2.24) is 0 Å². The normalized spacial score (nSPS) is 29.3. The zero-order valence-corrected chi connectivity index (χ0v) is 22.4. The molecule has 41 heavy (non-hydrogen) atoms. The van der Waals surface area contributed by atoms with Crippen molar-refractivity contribution in [2.75, 3.05) is 6.61 Å². The number of nitro groups is 1. The van der Waals surface area contributed by atoms with Crippen LogP contribution in [0.5, 0.6) is 0 Å². The van der Waals surface area contributed by atoms with Gasteiger partial charge < -0.3 is 42.7 Å². The van der Waals surface area contributed by atoms with Crippen LogP contribution in [0, 0.1) is 10.1 Å². The highest BCUT2D eigenvalue weighted by Gasteiger charge is 2.54. The highest BCUT2D eigenvalue weighted by atomic mass is 16.7. The van der Waals surface area contributed by atoms with E-state index in [-0.39, 0.29) is 5.76 Å². The molecule has 0 spiro atoms. The molecule has 1 aromatic heterocycles. The Hall–Kier alpha value is -4.28. The summed E-state index contributed by atoms with van der Waals surface area (Å²) >= 11 is 0. The Morgan fingerprint density at radius 2 is 1.59 bits per heavy atom. The number of hydrogen-bond acceptors (Lipinski definition) is 15. The molecular formula is C25H29NO15. The van der Waals surface area contributed by atoms with Crippen LogP contribution in [0.25, 0.3) is 6.08 Å². The number of ether oxygens (including phenoxy) is 7. The van der Waals surface area contributed by atoms with E-state index in [2.05, 4.69) is 0 Å². The van der Waals surface area contributed by atoms with E-state index in [4.69, 9.17) is 37.6 Å². The third kappa shape index (κ3) is 8.60. The van der Waals surface area contributed by atoms with Crippen molar-refractivity contribution in [2.24, 2.45) is 0 Å². The molecule has 16 heteroatoms. The Bertz CT molecular complexity index is 1190. The monoisotopic (exact) mass is 583 g/mol. The van der Waals surface area contributed by atoms with Crippen molar-refractivity contribution in [3.05, 3.63) is 46.4 Å². The van der Waals surface area contributed by atoms with Crippen molar-refractivity contribution in [2.45, 2.75) is 76.7 Å². The van der Waals surface area contributed by atoms with Gasteiger partial charge in [-0.3, -0.25) is 29.3 Å². The third-order valence-electron chi connectivity index (χ3n) is 5.65. The van der Waals surface area contributed by atoms with Crippen molar-refractivity contribution < 1.29 is 66.8 Å². The summed E-state index contributed by atoms with van der Waals surface area (Å²) in [5, 5.41) is 21.6. The van der Waals surface area contributed by atoms with Gasteiger partial charge in [0.1, 0.15) is 41.7 Å². The Labute approximate surface area is 232 Å². The fourth-order valence-electron chi connectivity index (χ4n) is 4.08. The van der Waals surface area contributed by atoms with E-state index < -0.39 is 90.3 Å². The first kappa shape index (κ1) is 31.3. The van der Waals surface area contributed by atoms with E-state index in [1.165, 1.54) is 30.6 Å². The van der Waals surface area contributed by atoms with Gasteiger partial charge in [0.05, 0.1) is 12.3 Å². The molecule has 1 fully saturated rings. The van der Waals surface area contributed by atoms with Crippen molar-refractivity contribution in [3.8, 4) is 0 Å². The smallest absolute Gasteiger partial charge is 0.433 e. The third-order valence-corrected chi connectivity index (χ3v) is 5.65. The lowest BCUT2D eigenvalue weighted by atomic mass is 9.97. The van der Waals surface area contributed by atoms with Crippen LogP contribution in [-0.4, -0.2) is 89.5 Å². The highest BCUT2D eigenvalue weighted by Crippen LogP contribution is 2.32. The summed E-state index contributed by atoms with van der Waals surface area (Å²) in [6.07, 6.45) is -5.61. The molecule has 0 radical (unpaired) electrons. The van der Waals surface area contributed by atoms with Crippen LogP contribution in [0.2, 0.25) is 0 Å². The van der Waals surface area contributed by atoms with E-state index in [9.17, 15) is 34.4 Å². The van der Waals surface area contributed by atoms with Gasteiger partial charge in [0.25, 0.3) is 0 Å². The number of nitrogens with zero attached hydrogens (tertiary/aromatic N) is 1. The summed E-state index contributed by atoms with van der Waals surface area (Å²) in [5.41, 5.74) is 0. The molecule has 1 saturated heterocycles. The first-order valence-corrected chi connectivity index (χ1v) is 12.2. The lowest BCUT2D eigenvalue weighted by molar-refractivity contribution is -0.402. The number of rotatable bonds is 10. The molecule has 8 atom stereocenters. The van der Waals surface area contributed by atoms with Crippen LogP contribution >= 0.6 is 0 Å². The van der Waals surface area contributed by atoms with Crippen LogP contribution in [0.1, 0.15) is 33.5 Å². The highest BCUT2D eigenvalue weighted by molar-refractivity contribution is 5.68. The summed E-state index contributed by atoms with van der Waals surface area (Å²) in [6.45, 7) is 3.90. The lowest BCUT2D eigenvalue weighted by Crippen LogP contribution is -2.64. The molecule has 3 heterocycles. The van der Waals surface area contributed by atoms with Crippen molar-refractivity contribution in [3.63, 3.8) is 0 Å². The Balaban J connectivity index is 1.95. The molecule has 0 aromatic carbocycles. The minimum absolute atomic E-state index is 0.107. The number of aliphatic hydroxyl groups is 1. The van der Waals surface area contributed by atoms with Gasteiger partial charge in [0.2, 0.25) is 0 Å². The lowest BCUT2D eigenvalue weighted by Gasteiger charge is -2.45. The van der Waals surface area contributed by atoms with Crippen molar-refractivity contribution >= 4 is 35.8 Å². The van der Waals surface area contributed by atoms with Gasteiger partial charge in [-0.2, -0.15) is 0 Å². The number of carbonyl (C=O) groups excluding carboxylic acids is 4. The van der Waals surface area contributed by atoms with Crippen LogP contribution in [0.4, 0.5) is 5.88 Å². The first-order chi connectivity index (χ1) is 19.3. The van der Waals surface area contributed by atoms with Crippen LogP contribution in [0.3, 0.4) is 0 Å². The Morgan fingerprint density at radius 1 is 0.951 bits per heavy atom.